The van der Waals surface area contributed by atoms with Crippen LogP contribution in [0, 0.1) is 17.8 Å². The topological polar surface area (TPSA) is 84.5 Å². The molecule has 0 spiro atoms. The van der Waals surface area contributed by atoms with Crippen LogP contribution in [-0.4, -0.2) is 31.1 Å². The van der Waals surface area contributed by atoms with Gasteiger partial charge in [0.2, 0.25) is 0 Å². The van der Waals surface area contributed by atoms with Crippen molar-refractivity contribution in [2.75, 3.05) is 13.2 Å². The highest BCUT2D eigenvalue weighted by Crippen LogP contribution is 2.38. The molecule has 102 valence electrons. The Hall–Kier alpha value is -1.59. The van der Waals surface area contributed by atoms with Gasteiger partial charge in [0.25, 0.3) is 5.91 Å². The highest BCUT2D eigenvalue weighted by molar-refractivity contribution is 5.95. The quantitative estimate of drug-likeness (QED) is 0.708. The normalized spacial score (nSPS) is 21.3. The minimum Gasteiger partial charge on any atom is -0.455 e. The molecule has 18 heavy (non-hydrogen) atoms. The van der Waals surface area contributed by atoms with E-state index in [0.29, 0.717) is 18.4 Å². The average molecular weight is 256 g/mol. The van der Waals surface area contributed by atoms with Crippen LogP contribution in [-0.2, 0) is 14.3 Å². The lowest BCUT2D eigenvalue weighted by Crippen LogP contribution is -2.42. The molecule has 0 saturated heterocycles. The molecule has 2 atom stereocenters. The molecule has 2 N–H and O–H groups in total. The van der Waals surface area contributed by atoms with Crippen LogP contribution in [0.5, 0.6) is 0 Å². The highest BCUT2D eigenvalue weighted by atomic mass is 16.5. The summed E-state index contributed by atoms with van der Waals surface area (Å²) in [7, 11) is 0. The Labute approximate surface area is 106 Å². The standard InChI is InChI=1S/C12H20N2O4/c1-7(2)5-13-12(17)14-10(15)6-18-11(16)9-4-8(9)3/h7-9H,4-6H2,1-3H3,(H2,13,14,15,17)/t8-,9+/m0/s1. The molecule has 0 aliphatic heterocycles. The fraction of sp³-hybridized carbons (Fsp3) is 0.750. The molecule has 0 radical (unpaired) electrons. The van der Waals surface area contributed by atoms with Gasteiger partial charge in [0.05, 0.1) is 5.92 Å². The molecular weight excluding hydrogens is 236 g/mol. The summed E-state index contributed by atoms with van der Waals surface area (Å²) in [5.41, 5.74) is 0. The summed E-state index contributed by atoms with van der Waals surface area (Å²) < 4.78 is 4.79. The van der Waals surface area contributed by atoms with E-state index in [9.17, 15) is 14.4 Å². The first-order valence-corrected chi connectivity index (χ1v) is 6.14. The van der Waals surface area contributed by atoms with Crippen molar-refractivity contribution in [2.45, 2.75) is 27.2 Å². The Kier molecular flexibility index (Phi) is 5.12. The molecule has 0 heterocycles. The number of carbonyl (C=O) groups excluding carboxylic acids is 3. The second-order valence-corrected chi connectivity index (χ2v) is 5.08. The van der Waals surface area contributed by atoms with Gasteiger partial charge in [0, 0.05) is 6.54 Å². The molecule has 1 saturated carbocycles. The molecule has 0 bridgehead atoms. The van der Waals surface area contributed by atoms with Gasteiger partial charge in [-0.1, -0.05) is 20.8 Å². The number of imide groups is 1. The fourth-order valence-corrected chi connectivity index (χ4v) is 1.40. The number of rotatable bonds is 5. The van der Waals surface area contributed by atoms with Crippen LogP contribution < -0.4 is 10.6 Å². The van der Waals surface area contributed by atoms with E-state index in [2.05, 4.69) is 10.6 Å². The maximum atomic E-state index is 11.3. The van der Waals surface area contributed by atoms with Crippen molar-refractivity contribution >= 4 is 17.9 Å². The van der Waals surface area contributed by atoms with Gasteiger partial charge in [-0.05, 0) is 18.3 Å². The van der Waals surface area contributed by atoms with Crippen molar-refractivity contribution in [3.05, 3.63) is 0 Å². The van der Waals surface area contributed by atoms with Gasteiger partial charge in [-0.15, -0.1) is 0 Å². The summed E-state index contributed by atoms with van der Waals surface area (Å²) in [6.07, 6.45) is 0.815. The Morgan fingerprint density at radius 1 is 1.33 bits per heavy atom. The first-order valence-electron chi connectivity index (χ1n) is 6.14. The van der Waals surface area contributed by atoms with E-state index >= 15 is 0 Å². The molecular formula is C12H20N2O4. The number of nitrogens with one attached hydrogen (secondary N) is 2. The van der Waals surface area contributed by atoms with Crippen LogP contribution in [0.4, 0.5) is 4.79 Å². The minimum absolute atomic E-state index is 0.0763. The molecule has 3 amide bonds. The fourth-order valence-electron chi connectivity index (χ4n) is 1.40. The average Bonchev–Trinajstić information content (AvgIpc) is 3.00. The molecule has 0 aromatic heterocycles. The third-order valence-corrected chi connectivity index (χ3v) is 2.68. The lowest BCUT2D eigenvalue weighted by Gasteiger charge is -2.08. The van der Waals surface area contributed by atoms with E-state index in [0.717, 1.165) is 6.42 Å². The second-order valence-electron chi connectivity index (χ2n) is 5.08. The van der Waals surface area contributed by atoms with Gasteiger partial charge < -0.3 is 10.1 Å². The van der Waals surface area contributed by atoms with E-state index < -0.39 is 18.5 Å². The van der Waals surface area contributed by atoms with Crippen molar-refractivity contribution in [3.8, 4) is 0 Å². The van der Waals surface area contributed by atoms with Crippen molar-refractivity contribution in [1.29, 1.82) is 0 Å². The largest absolute Gasteiger partial charge is 0.455 e. The zero-order chi connectivity index (χ0) is 13.7. The van der Waals surface area contributed by atoms with Crippen LogP contribution in [0.2, 0.25) is 0 Å². The maximum absolute atomic E-state index is 11.3. The zero-order valence-corrected chi connectivity index (χ0v) is 11.0. The van der Waals surface area contributed by atoms with Crippen molar-refractivity contribution in [2.24, 2.45) is 17.8 Å². The van der Waals surface area contributed by atoms with E-state index in [1.165, 1.54) is 0 Å². The van der Waals surface area contributed by atoms with E-state index in [4.69, 9.17) is 4.74 Å². The number of hydrogen-bond acceptors (Lipinski definition) is 4. The lowest BCUT2D eigenvalue weighted by molar-refractivity contribution is -0.149. The van der Waals surface area contributed by atoms with E-state index in [1.807, 2.05) is 20.8 Å². The van der Waals surface area contributed by atoms with Crippen LogP contribution in [0.15, 0.2) is 0 Å². The van der Waals surface area contributed by atoms with E-state index in [-0.39, 0.29) is 11.9 Å². The summed E-state index contributed by atoms with van der Waals surface area (Å²) >= 11 is 0. The summed E-state index contributed by atoms with van der Waals surface area (Å²) in [5.74, 6) is -0.402. The molecule has 6 nitrogen and oxygen atoms in total. The number of amides is 3. The summed E-state index contributed by atoms with van der Waals surface area (Å²) in [6.45, 7) is 5.92. The Balaban J connectivity index is 2.13. The molecule has 1 aliphatic rings. The predicted octanol–water partition coefficient (Wildman–Crippen LogP) is 0.667. The molecule has 1 rings (SSSR count). The first-order chi connectivity index (χ1) is 8.40. The number of ether oxygens (including phenoxy) is 1. The van der Waals surface area contributed by atoms with Crippen LogP contribution in [0.1, 0.15) is 27.2 Å². The third kappa shape index (κ3) is 5.16. The Morgan fingerprint density at radius 2 is 1.94 bits per heavy atom. The maximum Gasteiger partial charge on any atom is 0.321 e. The van der Waals surface area contributed by atoms with Crippen molar-refractivity contribution < 1.29 is 19.1 Å². The van der Waals surface area contributed by atoms with Gasteiger partial charge in [-0.3, -0.25) is 14.9 Å². The highest BCUT2D eigenvalue weighted by Gasteiger charge is 2.40. The number of carbonyl (C=O) groups is 3. The molecule has 0 aromatic rings. The molecule has 0 unspecified atom stereocenters. The number of esters is 1. The minimum atomic E-state index is -0.613. The van der Waals surface area contributed by atoms with Gasteiger partial charge in [0.1, 0.15) is 0 Å². The first kappa shape index (κ1) is 14.5. The summed E-state index contributed by atoms with van der Waals surface area (Å²) in [4.78, 5) is 33.8. The molecule has 6 heteroatoms. The van der Waals surface area contributed by atoms with Crippen molar-refractivity contribution in [1.82, 2.24) is 10.6 Å². The lowest BCUT2D eigenvalue weighted by atomic mass is 10.2. The molecule has 1 fully saturated rings. The Bertz CT molecular complexity index is 341. The van der Waals surface area contributed by atoms with Gasteiger partial charge in [-0.2, -0.15) is 0 Å². The number of hydrogen-bond donors (Lipinski definition) is 2. The zero-order valence-electron chi connectivity index (χ0n) is 11.0. The third-order valence-electron chi connectivity index (χ3n) is 2.68. The molecule has 0 aromatic carbocycles. The van der Waals surface area contributed by atoms with E-state index in [1.54, 1.807) is 0 Å². The SMILES string of the molecule is CC(C)CNC(=O)NC(=O)COC(=O)[C@@H]1C[C@@H]1C. The summed E-state index contributed by atoms with van der Waals surface area (Å²) in [6, 6.07) is -0.565. The van der Waals surface area contributed by atoms with Gasteiger partial charge in [0.15, 0.2) is 6.61 Å². The Morgan fingerprint density at radius 3 is 2.44 bits per heavy atom. The van der Waals surface area contributed by atoms with Gasteiger partial charge in [-0.25, -0.2) is 4.79 Å². The summed E-state index contributed by atoms with van der Waals surface area (Å²) in [5, 5.41) is 4.63. The monoisotopic (exact) mass is 256 g/mol. The van der Waals surface area contributed by atoms with Crippen LogP contribution in [0.25, 0.3) is 0 Å². The second kappa shape index (κ2) is 6.37. The molecule has 1 aliphatic carbocycles. The van der Waals surface area contributed by atoms with Crippen LogP contribution in [0.3, 0.4) is 0 Å². The van der Waals surface area contributed by atoms with Crippen LogP contribution >= 0.6 is 0 Å². The van der Waals surface area contributed by atoms with Gasteiger partial charge >= 0.3 is 12.0 Å². The smallest absolute Gasteiger partial charge is 0.321 e. The number of urea groups is 1. The predicted molar refractivity (Wildman–Crippen MR) is 64.6 cm³/mol. The van der Waals surface area contributed by atoms with Crippen molar-refractivity contribution in [3.63, 3.8) is 0 Å².